The van der Waals surface area contributed by atoms with E-state index in [9.17, 15) is 0 Å². The van der Waals surface area contributed by atoms with E-state index in [0.717, 1.165) is 6.42 Å². The van der Waals surface area contributed by atoms with Gasteiger partial charge >= 0.3 is 7.12 Å². The Balaban J connectivity index is 2.90. The van der Waals surface area contributed by atoms with E-state index in [1.54, 1.807) is 0 Å². The van der Waals surface area contributed by atoms with Crippen LogP contribution in [0.25, 0.3) is 0 Å². The molecule has 0 saturated heterocycles. The van der Waals surface area contributed by atoms with Gasteiger partial charge in [0.25, 0.3) is 0 Å². The minimum Gasteiger partial charge on any atom is -0.426 e. The van der Waals surface area contributed by atoms with Crippen LogP contribution in [0.1, 0.15) is 77.6 Å². The van der Waals surface area contributed by atoms with Gasteiger partial charge in [0.1, 0.15) is 0 Å². The number of rotatable bonds is 14. The van der Waals surface area contributed by atoms with Crippen molar-refractivity contribution in [1.29, 1.82) is 0 Å². The van der Waals surface area contributed by atoms with Crippen LogP contribution in [0.2, 0.25) is 0 Å². The van der Waals surface area contributed by atoms with Crippen molar-refractivity contribution < 1.29 is 14.8 Å². The van der Waals surface area contributed by atoms with Crippen molar-refractivity contribution >= 4 is 7.12 Å². The smallest absolute Gasteiger partial charge is 0.426 e. The Morgan fingerprint density at radius 3 is 1.61 bits per heavy atom. The van der Waals surface area contributed by atoms with Crippen LogP contribution in [0.15, 0.2) is 0 Å². The van der Waals surface area contributed by atoms with Gasteiger partial charge in [0.2, 0.25) is 0 Å². The van der Waals surface area contributed by atoms with E-state index >= 15 is 0 Å². The molecule has 18 heavy (non-hydrogen) atoms. The molecule has 0 unspecified atom stereocenters. The second-order valence-corrected chi connectivity index (χ2v) is 5.09. The van der Waals surface area contributed by atoms with E-state index in [1.807, 2.05) is 0 Å². The third-order valence-electron chi connectivity index (χ3n) is 3.16. The first-order valence-electron chi connectivity index (χ1n) is 7.71. The molecule has 0 amide bonds. The van der Waals surface area contributed by atoms with Crippen LogP contribution in [0.5, 0.6) is 0 Å². The molecule has 0 aromatic rings. The second kappa shape index (κ2) is 15.0. The lowest BCUT2D eigenvalue weighted by atomic mass is 9.95. The fourth-order valence-electron chi connectivity index (χ4n) is 2.06. The first-order chi connectivity index (χ1) is 8.77. The molecular weight excluding hydrogens is 227 g/mol. The third-order valence-corrected chi connectivity index (χ3v) is 3.16. The zero-order chi connectivity index (χ0) is 13.5. The van der Waals surface area contributed by atoms with Gasteiger partial charge in [-0.1, -0.05) is 71.1 Å². The van der Waals surface area contributed by atoms with Gasteiger partial charge in [-0.2, -0.15) is 0 Å². The highest BCUT2D eigenvalue weighted by Gasteiger charge is 2.04. The van der Waals surface area contributed by atoms with Crippen LogP contribution < -0.4 is 0 Å². The van der Waals surface area contributed by atoms with Crippen LogP contribution >= 0.6 is 0 Å². The molecule has 3 nitrogen and oxygen atoms in total. The quantitative estimate of drug-likeness (QED) is 0.371. The molecule has 0 aliphatic rings. The maximum Gasteiger partial charge on any atom is 0.479 e. The predicted molar refractivity (Wildman–Crippen MR) is 77.5 cm³/mol. The lowest BCUT2D eigenvalue weighted by molar-refractivity contribution is 0.149. The standard InChI is InChI=1S/C14H31BO3/c1-2-3-4-5-6-7-8-9-10-11-12-13-18-14-15(16)17/h16-17H,2-14H2,1H3. The average molecular weight is 258 g/mol. The molecule has 0 fully saturated rings. The lowest BCUT2D eigenvalue weighted by Crippen LogP contribution is -2.20. The van der Waals surface area contributed by atoms with E-state index in [1.165, 1.54) is 64.2 Å². The van der Waals surface area contributed by atoms with Crippen molar-refractivity contribution in [2.45, 2.75) is 77.6 Å². The summed E-state index contributed by atoms with van der Waals surface area (Å²) >= 11 is 0. The van der Waals surface area contributed by atoms with Crippen molar-refractivity contribution in [3.05, 3.63) is 0 Å². The van der Waals surface area contributed by atoms with Gasteiger partial charge in [0, 0.05) is 6.61 Å². The molecule has 4 heteroatoms. The van der Waals surface area contributed by atoms with Crippen molar-refractivity contribution in [2.75, 3.05) is 13.1 Å². The van der Waals surface area contributed by atoms with E-state index in [-0.39, 0.29) is 6.51 Å². The molecule has 0 aromatic carbocycles. The minimum absolute atomic E-state index is 0.0394. The van der Waals surface area contributed by atoms with E-state index in [0.29, 0.717) is 6.61 Å². The molecule has 0 spiro atoms. The Morgan fingerprint density at radius 2 is 1.17 bits per heavy atom. The Kier molecular flexibility index (Phi) is 15.0. The van der Waals surface area contributed by atoms with Gasteiger partial charge < -0.3 is 14.8 Å². The molecule has 0 saturated carbocycles. The average Bonchev–Trinajstić information content (AvgIpc) is 2.34. The van der Waals surface area contributed by atoms with Crippen molar-refractivity contribution in [3.8, 4) is 0 Å². The fraction of sp³-hybridized carbons (Fsp3) is 1.00. The van der Waals surface area contributed by atoms with Crippen LogP contribution in [0.3, 0.4) is 0 Å². The largest absolute Gasteiger partial charge is 0.479 e. The van der Waals surface area contributed by atoms with Gasteiger partial charge in [-0.15, -0.1) is 0 Å². The molecule has 0 aromatic heterocycles. The number of hydrogen-bond acceptors (Lipinski definition) is 3. The van der Waals surface area contributed by atoms with Gasteiger partial charge in [0.05, 0.1) is 6.51 Å². The topological polar surface area (TPSA) is 49.7 Å². The normalized spacial score (nSPS) is 10.8. The number of hydrogen-bond donors (Lipinski definition) is 2. The summed E-state index contributed by atoms with van der Waals surface area (Å²) in [5, 5.41) is 17.1. The monoisotopic (exact) mass is 258 g/mol. The zero-order valence-electron chi connectivity index (χ0n) is 12.1. The molecule has 0 heterocycles. The van der Waals surface area contributed by atoms with Crippen molar-refractivity contribution in [2.24, 2.45) is 0 Å². The molecule has 0 bridgehead atoms. The maximum absolute atomic E-state index is 8.56. The summed E-state index contributed by atoms with van der Waals surface area (Å²) in [6.45, 7) is 2.94. The van der Waals surface area contributed by atoms with E-state index < -0.39 is 7.12 Å². The molecule has 0 rings (SSSR count). The van der Waals surface area contributed by atoms with E-state index in [2.05, 4.69) is 6.92 Å². The first kappa shape index (κ1) is 17.9. The summed E-state index contributed by atoms with van der Waals surface area (Å²) in [5.41, 5.74) is 0. The summed E-state index contributed by atoms with van der Waals surface area (Å²) in [4.78, 5) is 0. The van der Waals surface area contributed by atoms with E-state index in [4.69, 9.17) is 14.8 Å². The summed E-state index contributed by atoms with van der Waals surface area (Å²) in [6.07, 6.45) is 14.5. The molecular formula is C14H31BO3. The Bertz CT molecular complexity index is 154. The molecule has 0 atom stereocenters. The first-order valence-corrected chi connectivity index (χ1v) is 7.71. The lowest BCUT2D eigenvalue weighted by Gasteiger charge is -2.04. The van der Waals surface area contributed by atoms with Crippen LogP contribution in [0.4, 0.5) is 0 Å². The van der Waals surface area contributed by atoms with Gasteiger partial charge in [0.15, 0.2) is 0 Å². The number of unbranched alkanes of at least 4 members (excludes halogenated alkanes) is 10. The minimum atomic E-state index is -1.32. The predicted octanol–water partition coefficient (Wildman–Crippen LogP) is 3.33. The number of ether oxygens (including phenoxy) is 1. The van der Waals surface area contributed by atoms with Crippen molar-refractivity contribution in [1.82, 2.24) is 0 Å². The van der Waals surface area contributed by atoms with Gasteiger partial charge in [-0.3, -0.25) is 0 Å². The molecule has 0 aliphatic carbocycles. The maximum atomic E-state index is 8.56. The van der Waals surface area contributed by atoms with Gasteiger partial charge in [-0.25, -0.2) is 0 Å². The molecule has 0 aliphatic heterocycles. The Hall–Kier alpha value is -0.0551. The van der Waals surface area contributed by atoms with Crippen molar-refractivity contribution in [3.63, 3.8) is 0 Å². The third kappa shape index (κ3) is 15.9. The second-order valence-electron chi connectivity index (χ2n) is 5.09. The SMILES string of the molecule is CCCCCCCCCCCCCOCB(O)O. The summed E-state index contributed by atoms with van der Waals surface area (Å²) in [7, 11) is -1.32. The van der Waals surface area contributed by atoms with Crippen LogP contribution in [0, 0.1) is 0 Å². The molecule has 108 valence electrons. The fourth-order valence-corrected chi connectivity index (χ4v) is 2.06. The highest BCUT2D eigenvalue weighted by atomic mass is 16.5. The molecule has 0 radical (unpaired) electrons. The zero-order valence-corrected chi connectivity index (χ0v) is 12.1. The van der Waals surface area contributed by atoms with Crippen LogP contribution in [-0.2, 0) is 4.74 Å². The highest BCUT2D eigenvalue weighted by Crippen LogP contribution is 2.11. The highest BCUT2D eigenvalue weighted by molar-refractivity contribution is 6.40. The summed E-state index contributed by atoms with van der Waals surface area (Å²) in [6, 6.07) is 0. The summed E-state index contributed by atoms with van der Waals surface area (Å²) in [5.74, 6) is 0. The molecule has 2 N–H and O–H groups in total. The summed E-state index contributed by atoms with van der Waals surface area (Å²) < 4.78 is 5.08. The van der Waals surface area contributed by atoms with Gasteiger partial charge in [-0.05, 0) is 6.42 Å². The Morgan fingerprint density at radius 1 is 0.722 bits per heavy atom. The Labute approximate surface area is 113 Å². The van der Waals surface area contributed by atoms with Crippen LogP contribution in [-0.4, -0.2) is 30.3 Å².